The Kier molecular flexibility index (Phi) is 23.2. The van der Waals surface area contributed by atoms with Gasteiger partial charge in [-0.1, -0.05) is 102 Å². The van der Waals surface area contributed by atoms with Gasteiger partial charge in [-0.2, -0.15) is 0 Å². The molecule has 1 aliphatic carbocycles. The van der Waals surface area contributed by atoms with Crippen LogP contribution in [0.25, 0.3) is 0 Å². The predicted octanol–water partition coefficient (Wildman–Crippen LogP) is 2.91. The number of unbranched alkanes of at least 4 members (excludes halogenated alkanes) is 12. The number of carbonyl (C=O) groups is 1. The second-order valence-electron chi connectivity index (χ2n) is 12.6. The van der Waals surface area contributed by atoms with Crippen molar-refractivity contribution in [3.8, 4) is 0 Å². The maximum Gasteiger partial charge on any atom is 0.472 e. The number of amides is 1. The molecule has 0 aromatic carbocycles. The Bertz CT molecular complexity index is 921. The third-order valence-electron chi connectivity index (χ3n) is 8.28. The van der Waals surface area contributed by atoms with Crippen LogP contribution in [0.3, 0.4) is 0 Å². The molecule has 0 radical (unpaired) electrons. The number of carbonyl (C=O) groups excluding carboxylic acids is 1. The molecule has 1 amide bonds. The standard InChI is InChI=1S/C33H62NO12P/c1-3-5-7-9-11-12-13-15-17-19-21-26(36)25(34-27(37)22-24(35)20-18-16-14-10-8-6-4-2)23-45-47(43,44)46-33-31(41)29(39)28(38)30(40)32(33)42/h16,18-19,21,24-26,28-33,35-36,38-42H,3-15,17,20,22-23H2,1-2H3,(H,34,37)(H,43,44)/b18-16-,21-19+. The fourth-order valence-electron chi connectivity index (χ4n) is 5.29. The number of hydrogen-bond donors (Lipinski definition) is 9. The summed E-state index contributed by atoms with van der Waals surface area (Å²) >= 11 is 0. The van der Waals surface area contributed by atoms with Crippen LogP contribution in [0.2, 0.25) is 0 Å². The molecule has 0 saturated heterocycles. The maximum atomic E-state index is 12.8. The quantitative estimate of drug-likeness (QED) is 0.0362. The van der Waals surface area contributed by atoms with Crippen LogP contribution < -0.4 is 5.32 Å². The first-order chi connectivity index (χ1) is 22.3. The van der Waals surface area contributed by atoms with Crippen LogP contribution in [0.15, 0.2) is 24.3 Å². The average molecular weight is 696 g/mol. The molecule has 14 heteroatoms. The van der Waals surface area contributed by atoms with Crippen molar-refractivity contribution in [1.82, 2.24) is 5.32 Å². The SMILES string of the molecule is CCCCCC/C=C\CC(O)CC(=O)NC(COP(=O)(O)OC1C(O)C(O)C(O)C(O)C1O)C(O)/C=C/CCCCCCCCCC. The molecule has 0 aromatic heterocycles. The van der Waals surface area contributed by atoms with Crippen LogP contribution in [-0.4, -0.2) is 108 Å². The summed E-state index contributed by atoms with van der Waals surface area (Å²) in [7, 11) is -5.13. The van der Waals surface area contributed by atoms with E-state index in [0.717, 1.165) is 44.9 Å². The number of allylic oxidation sites excluding steroid dienone is 2. The maximum absolute atomic E-state index is 12.8. The number of nitrogens with one attached hydrogen (secondary N) is 1. The first-order valence-corrected chi connectivity index (χ1v) is 18.9. The molecule has 1 rings (SSSR count). The molecule has 0 aliphatic heterocycles. The molecule has 1 aliphatic rings. The van der Waals surface area contributed by atoms with Gasteiger partial charge >= 0.3 is 7.82 Å². The van der Waals surface area contributed by atoms with Crippen molar-refractivity contribution in [2.45, 2.75) is 171 Å². The predicted molar refractivity (Wildman–Crippen MR) is 178 cm³/mol. The van der Waals surface area contributed by atoms with Crippen molar-refractivity contribution in [3.63, 3.8) is 0 Å². The van der Waals surface area contributed by atoms with Crippen LogP contribution >= 0.6 is 7.82 Å². The molecule has 1 fully saturated rings. The summed E-state index contributed by atoms with van der Waals surface area (Å²) in [4.78, 5) is 23.1. The van der Waals surface area contributed by atoms with Gasteiger partial charge in [-0.25, -0.2) is 4.57 Å². The van der Waals surface area contributed by atoms with Crippen LogP contribution in [0, 0.1) is 0 Å². The summed E-state index contributed by atoms with van der Waals surface area (Å²) in [5.41, 5.74) is 0. The lowest BCUT2D eigenvalue weighted by molar-refractivity contribution is -0.220. The second-order valence-corrected chi connectivity index (χ2v) is 14.0. The average Bonchev–Trinajstić information content (AvgIpc) is 3.03. The first-order valence-electron chi connectivity index (χ1n) is 17.4. The van der Waals surface area contributed by atoms with E-state index < -0.39 is 75.2 Å². The lowest BCUT2D eigenvalue weighted by atomic mass is 9.85. The van der Waals surface area contributed by atoms with Crippen molar-refractivity contribution in [3.05, 3.63) is 24.3 Å². The van der Waals surface area contributed by atoms with Crippen molar-refractivity contribution in [2.24, 2.45) is 0 Å². The molecule has 8 atom stereocenters. The third kappa shape index (κ3) is 18.4. The molecule has 13 nitrogen and oxygen atoms in total. The summed E-state index contributed by atoms with van der Waals surface area (Å²) in [6.45, 7) is 3.57. The summed E-state index contributed by atoms with van der Waals surface area (Å²) in [6, 6.07) is -1.25. The molecular weight excluding hydrogens is 633 g/mol. The Morgan fingerprint density at radius 2 is 1.23 bits per heavy atom. The highest BCUT2D eigenvalue weighted by Gasteiger charge is 2.51. The molecule has 1 saturated carbocycles. The Balaban J connectivity index is 2.77. The van der Waals surface area contributed by atoms with Gasteiger partial charge in [0.05, 0.1) is 31.3 Å². The fraction of sp³-hybridized carbons (Fsp3) is 0.848. The van der Waals surface area contributed by atoms with Gasteiger partial charge in [-0.15, -0.1) is 0 Å². The Morgan fingerprint density at radius 3 is 1.81 bits per heavy atom. The molecule has 0 aromatic rings. The van der Waals surface area contributed by atoms with Crippen LogP contribution in [-0.2, 0) is 18.4 Å². The monoisotopic (exact) mass is 695 g/mol. The van der Waals surface area contributed by atoms with Gasteiger partial charge in [0, 0.05) is 0 Å². The van der Waals surface area contributed by atoms with Gasteiger partial charge in [-0.3, -0.25) is 13.8 Å². The van der Waals surface area contributed by atoms with E-state index in [1.165, 1.54) is 44.6 Å². The second kappa shape index (κ2) is 24.8. The van der Waals surface area contributed by atoms with Gasteiger partial charge < -0.3 is 46.0 Å². The van der Waals surface area contributed by atoms with E-state index in [0.29, 0.717) is 6.42 Å². The highest BCUT2D eigenvalue weighted by atomic mass is 31.2. The van der Waals surface area contributed by atoms with Gasteiger partial charge in [0.1, 0.15) is 36.6 Å². The Labute approximate surface area is 280 Å². The summed E-state index contributed by atoms with van der Waals surface area (Å²) in [6.07, 6.45) is 7.78. The zero-order valence-corrected chi connectivity index (χ0v) is 29.1. The van der Waals surface area contributed by atoms with E-state index in [-0.39, 0.29) is 12.8 Å². The highest BCUT2D eigenvalue weighted by Crippen LogP contribution is 2.47. The number of phosphoric ester groups is 1. The van der Waals surface area contributed by atoms with Crippen molar-refractivity contribution in [1.29, 1.82) is 0 Å². The van der Waals surface area contributed by atoms with Crippen molar-refractivity contribution in [2.75, 3.05) is 6.61 Å². The molecule has 47 heavy (non-hydrogen) atoms. The van der Waals surface area contributed by atoms with Gasteiger partial charge in [0.15, 0.2) is 0 Å². The number of aliphatic hydroxyl groups excluding tert-OH is 7. The zero-order valence-electron chi connectivity index (χ0n) is 28.2. The summed E-state index contributed by atoms with van der Waals surface area (Å²) < 4.78 is 22.6. The molecule has 0 bridgehead atoms. The molecule has 0 spiro atoms. The van der Waals surface area contributed by atoms with Gasteiger partial charge in [0.25, 0.3) is 0 Å². The lowest BCUT2D eigenvalue weighted by Crippen LogP contribution is -2.64. The summed E-state index contributed by atoms with van der Waals surface area (Å²) in [5.74, 6) is -0.634. The zero-order chi connectivity index (χ0) is 35.2. The number of rotatable bonds is 26. The van der Waals surface area contributed by atoms with Crippen LogP contribution in [0.4, 0.5) is 0 Å². The Morgan fingerprint density at radius 1 is 0.745 bits per heavy atom. The summed E-state index contributed by atoms with van der Waals surface area (Å²) in [5, 5.41) is 73.5. The van der Waals surface area contributed by atoms with E-state index in [2.05, 4.69) is 19.2 Å². The molecular formula is C33H62NO12P. The minimum absolute atomic E-state index is 0.252. The Hall–Kier alpha value is -1.22. The van der Waals surface area contributed by atoms with Crippen LogP contribution in [0.5, 0.6) is 0 Å². The number of hydrogen-bond acceptors (Lipinski definition) is 11. The highest BCUT2D eigenvalue weighted by molar-refractivity contribution is 7.47. The van der Waals surface area contributed by atoms with Crippen LogP contribution in [0.1, 0.15) is 117 Å². The fourth-order valence-corrected chi connectivity index (χ4v) is 6.26. The lowest BCUT2D eigenvalue weighted by Gasteiger charge is -2.41. The number of phosphoric acid groups is 1. The van der Waals surface area contributed by atoms with E-state index in [4.69, 9.17) is 9.05 Å². The van der Waals surface area contributed by atoms with E-state index in [1.807, 2.05) is 12.2 Å². The van der Waals surface area contributed by atoms with Gasteiger partial charge in [-0.05, 0) is 32.1 Å². The normalized spacial score (nSPS) is 26.8. The molecule has 8 unspecified atom stereocenters. The minimum Gasteiger partial charge on any atom is -0.392 e. The van der Waals surface area contributed by atoms with E-state index in [9.17, 15) is 50.0 Å². The first kappa shape index (κ1) is 43.8. The van der Waals surface area contributed by atoms with E-state index in [1.54, 1.807) is 6.08 Å². The van der Waals surface area contributed by atoms with Gasteiger partial charge in [0.2, 0.25) is 5.91 Å². The largest absolute Gasteiger partial charge is 0.472 e. The van der Waals surface area contributed by atoms with Crippen molar-refractivity contribution < 1.29 is 59.0 Å². The number of aliphatic hydroxyl groups is 7. The minimum atomic E-state index is -5.13. The molecule has 276 valence electrons. The molecule has 9 N–H and O–H groups in total. The molecule has 0 heterocycles. The van der Waals surface area contributed by atoms with Crippen molar-refractivity contribution >= 4 is 13.7 Å². The van der Waals surface area contributed by atoms with E-state index >= 15 is 0 Å². The smallest absolute Gasteiger partial charge is 0.392 e. The topological polar surface area (TPSA) is 226 Å². The third-order valence-corrected chi connectivity index (χ3v) is 9.27.